The molecule has 0 saturated heterocycles. The Morgan fingerprint density at radius 3 is 1.35 bits per heavy atom. The van der Waals surface area contributed by atoms with E-state index in [9.17, 15) is 66.3 Å². The molecule has 0 aliphatic carbocycles. The number of alkyl halides is 8. The molecule has 0 amide bonds. The minimum absolute atomic E-state index is 0.309. The molecule has 0 bridgehead atoms. The fourth-order valence-electron chi connectivity index (χ4n) is 3.83. The van der Waals surface area contributed by atoms with Gasteiger partial charge in [-0.2, -0.15) is 68.8 Å². The molecule has 33 heteroatoms. The Labute approximate surface area is 457 Å². The summed E-state index contributed by atoms with van der Waals surface area (Å²) in [6, 6.07) is 21.7. The number of ether oxygens (including phenoxy) is 1. The minimum atomic E-state index is -6.09. The van der Waals surface area contributed by atoms with Crippen LogP contribution in [0.5, 0.6) is 11.5 Å². The van der Waals surface area contributed by atoms with E-state index in [1.807, 2.05) is 23.1 Å². The Hall–Kier alpha value is -3.41. The van der Waals surface area contributed by atoms with E-state index in [2.05, 4.69) is 102 Å². The zero-order chi connectivity index (χ0) is 57.4. The van der Waals surface area contributed by atoms with Crippen LogP contribution in [0.3, 0.4) is 0 Å². The quantitative estimate of drug-likeness (QED) is 0.0199. The summed E-state index contributed by atoms with van der Waals surface area (Å²) in [6.07, 6.45) is -1.35. The van der Waals surface area contributed by atoms with Crippen molar-refractivity contribution in [3.8, 4) is 11.5 Å². The van der Waals surface area contributed by atoms with E-state index in [-0.39, 0.29) is 0 Å². The number of carboxylic acid groups (broad SMARTS) is 1. The maximum absolute atomic E-state index is 13.8. The molecule has 0 atom stereocenters. The average Bonchev–Trinajstić information content (AvgIpc) is 3.28. The lowest BCUT2D eigenvalue weighted by molar-refractivity contribution is -0.185. The lowest BCUT2D eigenvalue weighted by Crippen LogP contribution is -2.22. The van der Waals surface area contributed by atoms with Crippen molar-refractivity contribution in [2.24, 2.45) is 0 Å². The average molecular weight is 1380 g/mol. The SMILES string of the molecule is Brc1ccc(C2=[S+]CCCS2)cc1.Fc1cc(OC(F)(F)c2ccc(Br)cc2)cc(F)c1F.O=C(O)c1ccc(Br)cc1.O=S(=O)(O)C(F)(F)F.O=S(=O)([O-])C(F)(F)F.Oc1cc(F)c(F)c(F)c1.SCCCS. The number of phenolic OH excluding ortho intramolecular Hbond substituents is 1. The smallest absolute Gasteiger partial charge is 0.522 e. The maximum atomic E-state index is 13.8. The number of aromatic hydroxyl groups is 1. The predicted molar refractivity (Wildman–Crippen MR) is 267 cm³/mol. The van der Waals surface area contributed by atoms with Crippen LogP contribution in [0.2, 0.25) is 0 Å². The number of hydrogen-bond donors (Lipinski definition) is 5. The highest BCUT2D eigenvalue weighted by Crippen LogP contribution is 2.33. The number of rotatable bonds is 7. The van der Waals surface area contributed by atoms with E-state index in [1.54, 1.807) is 24.3 Å². The lowest BCUT2D eigenvalue weighted by Gasteiger charge is -2.18. The molecule has 0 unspecified atom stereocenters. The molecule has 1 aliphatic rings. The van der Waals surface area contributed by atoms with Crippen molar-refractivity contribution in [1.29, 1.82) is 0 Å². The predicted octanol–water partition coefficient (Wildman–Crippen LogP) is 13.8. The molecule has 0 fully saturated rings. The summed E-state index contributed by atoms with van der Waals surface area (Å²) in [5.41, 5.74) is -10.0. The van der Waals surface area contributed by atoms with Gasteiger partial charge in [-0.1, -0.05) is 59.6 Å². The molecule has 74 heavy (non-hydrogen) atoms. The number of phenols is 1. The summed E-state index contributed by atoms with van der Waals surface area (Å²) >= 11 is 21.6. The fourth-order valence-corrected chi connectivity index (χ4v) is 7.76. The largest absolute Gasteiger partial charge is 0.741 e. The first kappa shape index (κ1) is 70.6. The summed E-state index contributed by atoms with van der Waals surface area (Å²) in [4.78, 5) is 10.3. The van der Waals surface area contributed by atoms with Crippen LogP contribution in [0.15, 0.2) is 110 Å². The van der Waals surface area contributed by atoms with Gasteiger partial charge in [0.2, 0.25) is 0 Å². The van der Waals surface area contributed by atoms with Crippen LogP contribution in [-0.2, 0) is 37.7 Å². The van der Waals surface area contributed by atoms with Crippen LogP contribution in [0.1, 0.15) is 34.3 Å². The van der Waals surface area contributed by atoms with Crippen molar-refractivity contribution < 1.29 is 107 Å². The van der Waals surface area contributed by atoms with Gasteiger partial charge >= 0.3 is 33.2 Å². The number of carboxylic acids is 1. The highest BCUT2D eigenvalue weighted by molar-refractivity contribution is 9.11. The van der Waals surface area contributed by atoms with Crippen LogP contribution in [-0.4, -0.2) is 80.3 Å². The molecule has 0 spiro atoms. The number of aromatic carboxylic acids is 1. The third-order valence-electron chi connectivity index (χ3n) is 7.17. The standard InChI is InChI=1S/C13H6BrF5O.C10H10BrS2.C7H5BrO2.C6H3F3O.C3H8S2.2CHF3O3S/c14-8-3-1-7(2-4-8)13(18,19)20-9-5-10(15)12(17)11(16)6-9;11-9-4-2-8(3-5-9)10-12-6-1-7-13-10;8-6-3-1-5(2-4-6)7(9)10;7-4-1-3(10)2-5(8)6(4)9;4-2-1-3-5;2*2-1(3,4)8(5,6)7/h1-6H;2-5H,1,6-7H2;1-4H,(H,9,10);1-2,10H;4-5H,1-3H2;2*(H,5,6,7)/q;+1;;;;;/p-1. The number of thioether (sulfide) groups is 1. The molecule has 3 N–H and O–H groups in total. The number of halogens is 17. The number of thiol groups is 2. The molecule has 0 saturated carbocycles. The van der Waals surface area contributed by atoms with Crippen molar-refractivity contribution in [3.05, 3.63) is 162 Å². The monoisotopic (exact) mass is 1380 g/mol. The van der Waals surface area contributed by atoms with Gasteiger partial charge < -0.3 is 19.5 Å². The molecule has 10 nitrogen and oxygen atoms in total. The Balaban J connectivity index is 0.000000877. The first-order valence-electron chi connectivity index (χ1n) is 18.8. The normalized spacial score (nSPS) is 12.3. The Bertz CT molecular complexity index is 2710. The molecule has 5 aromatic carbocycles. The molecule has 5 aromatic rings. The highest BCUT2D eigenvalue weighted by Gasteiger charge is 2.44. The molecule has 6 rings (SSSR count). The van der Waals surface area contributed by atoms with E-state index in [0.29, 0.717) is 34.3 Å². The second kappa shape index (κ2) is 33.0. The van der Waals surface area contributed by atoms with E-state index in [0.717, 1.165) is 39.0 Å². The Morgan fingerprint density at radius 1 is 0.676 bits per heavy atom. The molecular weight excluding hydrogens is 1350 g/mol. The highest BCUT2D eigenvalue weighted by atomic mass is 79.9. The maximum Gasteiger partial charge on any atom is 0.522 e. The zero-order valence-corrected chi connectivity index (χ0v) is 45.9. The molecule has 1 aliphatic heterocycles. The van der Waals surface area contributed by atoms with E-state index < -0.39 is 95.3 Å². The zero-order valence-electron chi connectivity index (χ0n) is 36.1. The first-order chi connectivity index (χ1) is 33.9. The van der Waals surface area contributed by atoms with Gasteiger partial charge in [-0.05, 0) is 90.7 Å². The lowest BCUT2D eigenvalue weighted by atomic mass is 10.2. The number of hydrogen-bond acceptors (Lipinski definition) is 11. The van der Waals surface area contributed by atoms with Gasteiger partial charge in [0.1, 0.15) is 11.5 Å². The topological polar surface area (TPSA) is 178 Å². The van der Waals surface area contributed by atoms with Crippen molar-refractivity contribution in [2.75, 3.05) is 23.0 Å². The van der Waals surface area contributed by atoms with Gasteiger partial charge in [-0.15, -0.1) is 0 Å². The minimum Gasteiger partial charge on any atom is -0.741 e. The van der Waals surface area contributed by atoms with Crippen molar-refractivity contribution in [1.82, 2.24) is 0 Å². The van der Waals surface area contributed by atoms with Crippen LogP contribution in [0.25, 0.3) is 0 Å². The Kier molecular flexibility index (Phi) is 31.5. The van der Waals surface area contributed by atoms with Crippen LogP contribution < -0.4 is 4.74 Å². The van der Waals surface area contributed by atoms with Crippen LogP contribution >= 0.6 is 84.8 Å². The summed E-state index contributed by atoms with van der Waals surface area (Å²) in [6.45, 7) is 0. The Morgan fingerprint density at radius 2 is 1.04 bits per heavy atom. The van der Waals surface area contributed by atoms with Crippen molar-refractivity contribution in [3.63, 3.8) is 0 Å². The van der Waals surface area contributed by atoms with Crippen molar-refractivity contribution >= 4 is 127 Å². The molecular formula is C41H33Br3F14O10S6. The number of benzene rings is 5. The third kappa shape index (κ3) is 28.1. The van der Waals surface area contributed by atoms with Gasteiger partial charge in [-0.25, -0.2) is 39.6 Å². The van der Waals surface area contributed by atoms with Gasteiger partial charge in [-0.3, -0.25) is 4.55 Å². The van der Waals surface area contributed by atoms with Gasteiger partial charge in [0, 0.05) is 55.4 Å². The molecule has 412 valence electrons. The van der Waals surface area contributed by atoms with Crippen molar-refractivity contribution in [2.45, 2.75) is 30.0 Å². The second-order valence-corrected chi connectivity index (χ2v) is 21.7. The first-order valence-corrected chi connectivity index (χ1v) is 27.3. The summed E-state index contributed by atoms with van der Waals surface area (Å²) < 4.78 is 227. The second-order valence-electron chi connectivity index (χ2n) is 12.8. The fraction of sp³-hybridized carbons (Fsp3) is 0.220. The van der Waals surface area contributed by atoms with E-state index in [1.165, 1.54) is 39.8 Å². The third-order valence-corrected chi connectivity index (χ3v) is 13.2. The van der Waals surface area contributed by atoms with Gasteiger partial charge in [0.05, 0.1) is 11.1 Å². The van der Waals surface area contributed by atoms with Crippen LogP contribution in [0.4, 0.5) is 61.5 Å². The van der Waals surface area contributed by atoms with Gasteiger partial charge in [0.15, 0.2) is 62.1 Å². The van der Waals surface area contributed by atoms with Crippen LogP contribution in [0, 0.1) is 34.9 Å². The summed E-state index contributed by atoms with van der Waals surface area (Å²) in [5.74, 6) is -7.17. The van der Waals surface area contributed by atoms with E-state index >= 15 is 0 Å². The summed E-state index contributed by atoms with van der Waals surface area (Å²) in [5, 5.41) is 16.9. The van der Waals surface area contributed by atoms with Gasteiger partial charge in [0.25, 0.3) is 4.20 Å². The molecule has 1 heterocycles. The molecule has 0 radical (unpaired) electrons. The molecule has 0 aromatic heterocycles. The number of carbonyl (C=O) groups is 1. The summed E-state index contributed by atoms with van der Waals surface area (Å²) in [7, 11) is -11.9. The van der Waals surface area contributed by atoms with E-state index in [4.69, 9.17) is 36.2 Å².